The third-order valence-corrected chi connectivity index (χ3v) is 4.74. The minimum atomic E-state index is -3.11. The Bertz CT molecular complexity index is 454. The van der Waals surface area contributed by atoms with Crippen LogP contribution in [0.3, 0.4) is 0 Å². The summed E-state index contributed by atoms with van der Waals surface area (Å²) >= 11 is 0. The summed E-state index contributed by atoms with van der Waals surface area (Å²) in [5, 5.41) is 0. The van der Waals surface area contributed by atoms with Gasteiger partial charge in [0.1, 0.15) is 0 Å². The highest BCUT2D eigenvalue weighted by Crippen LogP contribution is 2.19. The van der Waals surface area contributed by atoms with Crippen LogP contribution in [-0.2, 0) is 9.84 Å². The Morgan fingerprint density at radius 3 is 2.24 bits per heavy atom. The van der Waals surface area contributed by atoms with Crippen LogP contribution in [0.4, 0.5) is 5.69 Å². The van der Waals surface area contributed by atoms with Crippen molar-refractivity contribution in [1.29, 1.82) is 0 Å². The van der Waals surface area contributed by atoms with E-state index in [0.29, 0.717) is 11.4 Å². The molecule has 1 unspecified atom stereocenters. The number of likely N-dealkylation sites (N-methyl/N-ethyl adjacent to an activating group) is 1. The van der Waals surface area contributed by atoms with Crippen molar-refractivity contribution in [3.8, 4) is 0 Å². The van der Waals surface area contributed by atoms with Crippen LogP contribution in [0, 0.1) is 0 Å². The van der Waals surface area contributed by atoms with E-state index in [2.05, 4.69) is 0 Å². The van der Waals surface area contributed by atoms with Crippen LogP contribution in [0.25, 0.3) is 0 Å². The summed E-state index contributed by atoms with van der Waals surface area (Å²) < 4.78 is 23.3. The lowest BCUT2D eigenvalue weighted by atomic mass is 10.2. The summed E-state index contributed by atoms with van der Waals surface area (Å²) in [5.41, 5.74) is 6.56. The zero-order chi connectivity index (χ0) is 13.1. The van der Waals surface area contributed by atoms with Crippen molar-refractivity contribution in [3.63, 3.8) is 0 Å². The van der Waals surface area contributed by atoms with Crippen molar-refractivity contribution in [1.82, 2.24) is 0 Å². The maximum atomic E-state index is 11.6. The summed E-state index contributed by atoms with van der Waals surface area (Å²) in [6.07, 6.45) is 0. The van der Waals surface area contributed by atoms with Gasteiger partial charge in [-0.25, -0.2) is 8.42 Å². The van der Waals surface area contributed by atoms with Crippen LogP contribution in [0.5, 0.6) is 0 Å². The lowest BCUT2D eigenvalue weighted by Gasteiger charge is -2.25. The third-order valence-electron chi connectivity index (χ3n) is 2.99. The van der Waals surface area contributed by atoms with Crippen LogP contribution in [0.2, 0.25) is 0 Å². The van der Waals surface area contributed by atoms with Gasteiger partial charge >= 0.3 is 0 Å². The molecule has 4 nitrogen and oxygen atoms in total. The number of anilines is 1. The van der Waals surface area contributed by atoms with Crippen molar-refractivity contribution >= 4 is 15.5 Å². The van der Waals surface area contributed by atoms with Crippen molar-refractivity contribution in [2.24, 2.45) is 5.73 Å². The molecule has 17 heavy (non-hydrogen) atoms. The second-order valence-corrected chi connectivity index (χ2v) is 6.37. The highest BCUT2D eigenvalue weighted by Gasteiger charge is 2.13. The molecule has 0 aliphatic heterocycles. The summed E-state index contributed by atoms with van der Waals surface area (Å²) in [7, 11) is -1.16. The lowest BCUT2D eigenvalue weighted by Crippen LogP contribution is -2.35. The standard InChI is InChI=1S/C12H20N2O2S/c1-4-17(15,16)12-7-5-11(6-8-12)14(3)10(2)9-13/h5-8,10H,4,9,13H2,1-3H3. The molecular weight excluding hydrogens is 236 g/mol. The van der Waals surface area contributed by atoms with E-state index in [9.17, 15) is 8.42 Å². The highest BCUT2D eigenvalue weighted by molar-refractivity contribution is 7.91. The maximum absolute atomic E-state index is 11.6. The summed E-state index contributed by atoms with van der Waals surface area (Å²) in [6, 6.07) is 7.15. The molecule has 0 heterocycles. The fourth-order valence-electron chi connectivity index (χ4n) is 1.47. The SMILES string of the molecule is CCS(=O)(=O)c1ccc(N(C)C(C)CN)cc1. The van der Waals surface area contributed by atoms with Crippen molar-refractivity contribution in [2.75, 3.05) is 24.2 Å². The molecule has 1 aromatic carbocycles. The van der Waals surface area contributed by atoms with Crippen LogP contribution in [0.1, 0.15) is 13.8 Å². The monoisotopic (exact) mass is 256 g/mol. The van der Waals surface area contributed by atoms with E-state index >= 15 is 0 Å². The number of nitrogens with zero attached hydrogens (tertiary/aromatic N) is 1. The molecule has 0 radical (unpaired) electrons. The summed E-state index contributed by atoms with van der Waals surface area (Å²) in [4.78, 5) is 2.40. The number of hydrogen-bond acceptors (Lipinski definition) is 4. The maximum Gasteiger partial charge on any atom is 0.178 e. The van der Waals surface area contributed by atoms with Gasteiger partial charge in [-0.05, 0) is 31.2 Å². The first kappa shape index (κ1) is 14.0. The Morgan fingerprint density at radius 2 is 1.82 bits per heavy atom. The van der Waals surface area contributed by atoms with Gasteiger partial charge in [0.25, 0.3) is 0 Å². The number of nitrogens with two attached hydrogens (primary N) is 1. The minimum Gasteiger partial charge on any atom is -0.371 e. The van der Waals surface area contributed by atoms with E-state index in [1.165, 1.54) is 0 Å². The zero-order valence-electron chi connectivity index (χ0n) is 10.6. The average molecular weight is 256 g/mol. The predicted octanol–water partition coefficient (Wildman–Crippen LogP) is 1.26. The smallest absolute Gasteiger partial charge is 0.178 e. The van der Waals surface area contributed by atoms with Crippen molar-refractivity contribution in [3.05, 3.63) is 24.3 Å². The second kappa shape index (κ2) is 5.51. The predicted molar refractivity (Wildman–Crippen MR) is 71.1 cm³/mol. The number of sulfone groups is 1. The molecule has 2 N–H and O–H groups in total. The Hall–Kier alpha value is -1.07. The van der Waals surface area contributed by atoms with Gasteiger partial charge in [-0.3, -0.25) is 0 Å². The first-order valence-electron chi connectivity index (χ1n) is 5.68. The molecule has 0 fully saturated rings. The normalized spacial score (nSPS) is 13.4. The molecule has 0 amide bonds. The van der Waals surface area contributed by atoms with E-state index in [-0.39, 0.29) is 11.8 Å². The average Bonchev–Trinajstić information content (AvgIpc) is 2.37. The zero-order valence-corrected chi connectivity index (χ0v) is 11.4. The quantitative estimate of drug-likeness (QED) is 0.861. The number of hydrogen-bond donors (Lipinski definition) is 1. The number of rotatable bonds is 5. The molecule has 1 atom stereocenters. The van der Waals surface area contributed by atoms with Crippen LogP contribution < -0.4 is 10.6 Å². The molecule has 1 aromatic rings. The van der Waals surface area contributed by atoms with Crippen molar-refractivity contribution in [2.45, 2.75) is 24.8 Å². The Labute approximate surface area is 103 Å². The molecule has 0 aliphatic carbocycles. The molecular formula is C12H20N2O2S. The van der Waals surface area contributed by atoms with Crippen LogP contribution >= 0.6 is 0 Å². The summed E-state index contributed by atoms with van der Waals surface area (Å²) in [5.74, 6) is 0.126. The molecule has 96 valence electrons. The first-order valence-corrected chi connectivity index (χ1v) is 7.33. The van der Waals surface area contributed by atoms with Crippen LogP contribution in [0.15, 0.2) is 29.2 Å². The van der Waals surface area contributed by atoms with Gasteiger partial charge in [-0.2, -0.15) is 0 Å². The van der Waals surface area contributed by atoms with E-state index in [1.54, 1.807) is 19.1 Å². The number of benzene rings is 1. The van der Waals surface area contributed by atoms with Crippen molar-refractivity contribution < 1.29 is 8.42 Å². The molecule has 0 aliphatic rings. The molecule has 5 heteroatoms. The minimum absolute atomic E-state index is 0.126. The Kier molecular flexibility index (Phi) is 4.54. The Morgan fingerprint density at radius 1 is 1.29 bits per heavy atom. The van der Waals surface area contributed by atoms with Crippen LogP contribution in [-0.4, -0.2) is 33.8 Å². The van der Waals surface area contributed by atoms with Gasteiger partial charge in [0, 0.05) is 25.3 Å². The first-order chi connectivity index (χ1) is 7.92. The third kappa shape index (κ3) is 3.20. The molecule has 0 spiro atoms. The molecule has 1 rings (SSSR count). The van der Waals surface area contributed by atoms with Gasteiger partial charge in [-0.1, -0.05) is 6.92 Å². The Balaban J connectivity index is 2.96. The van der Waals surface area contributed by atoms with Gasteiger partial charge in [0.05, 0.1) is 10.6 Å². The molecule has 0 bridgehead atoms. The summed E-state index contributed by atoms with van der Waals surface area (Å²) in [6.45, 7) is 4.23. The molecule has 0 saturated carbocycles. The topological polar surface area (TPSA) is 63.4 Å². The molecule has 0 aromatic heterocycles. The van der Waals surface area contributed by atoms with E-state index < -0.39 is 9.84 Å². The molecule has 0 saturated heterocycles. The largest absolute Gasteiger partial charge is 0.371 e. The van der Waals surface area contributed by atoms with Gasteiger partial charge in [0.2, 0.25) is 0 Å². The second-order valence-electron chi connectivity index (χ2n) is 4.09. The lowest BCUT2D eigenvalue weighted by molar-refractivity contribution is 0.597. The van der Waals surface area contributed by atoms with E-state index in [4.69, 9.17) is 5.73 Å². The van der Waals surface area contributed by atoms with E-state index in [0.717, 1.165) is 5.69 Å². The van der Waals surface area contributed by atoms with E-state index in [1.807, 2.05) is 31.0 Å². The van der Waals surface area contributed by atoms with Gasteiger partial charge < -0.3 is 10.6 Å². The fourth-order valence-corrected chi connectivity index (χ4v) is 2.35. The highest BCUT2D eigenvalue weighted by atomic mass is 32.2. The van der Waals surface area contributed by atoms with Gasteiger partial charge in [-0.15, -0.1) is 0 Å². The fraction of sp³-hybridized carbons (Fsp3) is 0.500. The van der Waals surface area contributed by atoms with Gasteiger partial charge in [0.15, 0.2) is 9.84 Å².